The van der Waals surface area contributed by atoms with Gasteiger partial charge in [-0.25, -0.2) is 8.42 Å². The molecule has 1 aromatic heterocycles. The first-order valence-corrected chi connectivity index (χ1v) is 9.76. The SMILES string of the molecule is Cc1nn(C)c(C)c1S(=O)(=O)Nc1ccccc1C(=O)Nc1ccccc1. The zero-order chi connectivity index (χ0) is 19.6. The van der Waals surface area contributed by atoms with Crippen LogP contribution in [0.15, 0.2) is 59.5 Å². The molecule has 0 atom stereocenters. The summed E-state index contributed by atoms with van der Waals surface area (Å²) in [6, 6.07) is 15.4. The van der Waals surface area contributed by atoms with Gasteiger partial charge in [-0.2, -0.15) is 5.10 Å². The number of carbonyl (C=O) groups is 1. The summed E-state index contributed by atoms with van der Waals surface area (Å²) in [5.41, 5.74) is 1.97. The first kappa shape index (κ1) is 18.7. The number of nitrogens with zero attached hydrogens (tertiary/aromatic N) is 2. The Labute approximate surface area is 158 Å². The molecule has 1 amide bonds. The van der Waals surface area contributed by atoms with Crippen LogP contribution in [0.2, 0.25) is 0 Å². The normalized spacial score (nSPS) is 11.2. The highest BCUT2D eigenvalue weighted by Crippen LogP contribution is 2.24. The maximum absolute atomic E-state index is 12.9. The van der Waals surface area contributed by atoms with Crippen molar-refractivity contribution in [1.29, 1.82) is 0 Å². The van der Waals surface area contributed by atoms with Crippen LogP contribution in [0.4, 0.5) is 11.4 Å². The van der Waals surface area contributed by atoms with Gasteiger partial charge in [0.15, 0.2) is 0 Å². The fourth-order valence-corrected chi connectivity index (χ4v) is 4.35. The largest absolute Gasteiger partial charge is 0.322 e. The first-order valence-electron chi connectivity index (χ1n) is 8.28. The summed E-state index contributed by atoms with van der Waals surface area (Å²) in [6.07, 6.45) is 0. The standard InChI is InChI=1S/C19H20N4O3S/c1-13-18(14(2)23(3)21-13)27(25,26)22-17-12-8-7-11-16(17)19(24)20-15-9-5-4-6-10-15/h4-12,22H,1-3H3,(H,20,24). The maximum atomic E-state index is 12.9. The summed E-state index contributed by atoms with van der Waals surface area (Å²) >= 11 is 0. The van der Waals surface area contributed by atoms with Crippen molar-refractivity contribution in [3.05, 3.63) is 71.5 Å². The van der Waals surface area contributed by atoms with Gasteiger partial charge >= 0.3 is 0 Å². The van der Waals surface area contributed by atoms with E-state index >= 15 is 0 Å². The maximum Gasteiger partial charge on any atom is 0.265 e. The van der Waals surface area contributed by atoms with Crippen LogP contribution in [-0.4, -0.2) is 24.1 Å². The lowest BCUT2D eigenvalue weighted by molar-refractivity contribution is 0.102. The molecule has 0 spiro atoms. The second-order valence-corrected chi connectivity index (χ2v) is 7.71. The summed E-state index contributed by atoms with van der Waals surface area (Å²) in [5, 5.41) is 6.91. The monoisotopic (exact) mass is 384 g/mol. The Bertz CT molecular complexity index is 1090. The highest BCUT2D eigenvalue weighted by molar-refractivity contribution is 7.92. The zero-order valence-corrected chi connectivity index (χ0v) is 16.0. The number of para-hydroxylation sites is 2. The van der Waals surface area contributed by atoms with Gasteiger partial charge in [-0.1, -0.05) is 30.3 Å². The van der Waals surface area contributed by atoms with Crippen LogP contribution in [0.25, 0.3) is 0 Å². The lowest BCUT2D eigenvalue weighted by Gasteiger charge is -2.13. The minimum Gasteiger partial charge on any atom is -0.322 e. The molecule has 8 heteroatoms. The fourth-order valence-electron chi connectivity index (χ4n) is 2.83. The molecule has 0 saturated carbocycles. The Hall–Kier alpha value is -3.13. The number of nitrogens with one attached hydrogen (secondary N) is 2. The first-order chi connectivity index (χ1) is 12.8. The van der Waals surface area contributed by atoms with E-state index in [1.54, 1.807) is 69.4 Å². The van der Waals surface area contributed by atoms with Gasteiger partial charge in [0.1, 0.15) is 4.90 Å². The van der Waals surface area contributed by atoms with E-state index in [4.69, 9.17) is 0 Å². The lowest BCUT2D eigenvalue weighted by Crippen LogP contribution is -2.19. The van der Waals surface area contributed by atoms with Crippen LogP contribution in [0, 0.1) is 13.8 Å². The van der Waals surface area contributed by atoms with Crippen molar-refractivity contribution in [3.63, 3.8) is 0 Å². The van der Waals surface area contributed by atoms with E-state index in [0.29, 0.717) is 17.1 Å². The molecule has 0 unspecified atom stereocenters. The van der Waals surface area contributed by atoms with E-state index in [2.05, 4.69) is 15.1 Å². The van der Waals surface area contributed by atoms with Gasteiger partial charge in [0.25, 0.3) is 15.9 Å². The number of aryl methyl sites for hydroxylation is 2. The van der Waals surface area contributed by atoms with Crippen molar-refractivity contribution in [3.8, 4) is 0 Å². The van der Waals surface area contributed by atoms with E-state index in [0.717, 1.165) is 0 Å². The number of sulfonamides is 1. The number of rotatable bonds is 5. The van der Waals surface area contributed by atoms with Gasteiger partial charge < -0.3 is 5.32 Å². The molecule has 1 heterocycles. The number of hydrogen-bond donors (Lipinski definition) is 2. The summed E-state index contributed by atoms with van der Waals surface area (Å²) in [5.74, 6) is -0.404. The Morgan fingerprint density at radius 3 is 2.26 bits per heavy atom. The quantitative estimate of drug-likeness (QED) is 0.707. The van der Waals surface area contributed by atoms with Gasteiger partial charge in [0, 0.05) is 12.7 Å². The minimum atomic E-state index is -3.90. The molecule has 0 aliphatic rings. The molecular formula is C19H20N4O3S. The molecule has 0 aliphatic carbocycles. The molecule has 3 aromatic rings. The molecule has 0 aliphatic heterocycles. The molecular weight excluding hydrogens is 364 g/mol. The third kappa shape index (κ3) is 3.85. The molecule has 2 N–H and O–H groups in total. The second kappa shape index (κ2) is 7.24. The number of benzene rings is 2. The predicted octanol–water partition coefficient (Wildman–Crippen LogP) is 3.09. The number of amides is 1. The van der Waals surface area contributed by atoms with Crippen LogP contribution in [0.5, 0.6) is 0 Å². The molecule has 0 saturated heterocycles. The van der Waals surface area contributed by atoms with Gasteiger partial charge in [-0.3, -0.25) is 14.2 Å². The predicted molar refractivity (Wildman–Crippen MR) is 104 cm³/mol. The molecule has 140 valence electrons. The van der Waals surface area contributed by atoms with Gasteiger partial charge in [-0.15, -0.1) is 0 Å². The van der Waals surface area contributed by atoms with E-state index in [1.165, 1.54) is 4.68 Å². The van der Waals surface area contributed by atoms with Crippen molar-refractivity contribution >= 4 is 27.3 Å². The molecule has 2 aromatic carbocycles. The highest BCUT2D eigenvalue weighted by atomic mass is 32.2. The summed E-state index contributed by atoms with van der Waals surface area (Å²) in [7, 11) is -2.21. The fraction of sp³-hybridized carbons (Fsp3) is 0.158. The van der Waals surface area contributed by atoms with Gasteiger partial charge in [0.05, 0.1) is 22.6 Å². The van der Waals surface area contributed by atoms with E-state index in [9.17, 15) is 13.2 Å². The smallest absolute Gasteiger partial charge is 0.265 e. The number of hydrogen-bond acceptors (Lipinski definition) is 4. The van der Waals surface area contributed by atoms with E-state index in [1.807, 2.05) is 6.07 Å². The number of aromatic nitrogens is 2. The summed E-state index contributed by atoms with van der Waals surface area (Å²) in [6.45, 7) is 3.32. The van der Waals surface area contributed by atoms with Crippen LogP contribution >= 0.6 is 0 Å². The van der Waals surface area contributed by atoms with E-state index in [-0.39, 0.29) is 16.1 Å². The van der Waals surface area contributed by atoms with Crippen molar-refractivity contribution in [1.82, 2.24) is 9.78 Å². The van der Waals surface area contributed by atoms with Crippen molar-refractivity contribution < 1.29 is 13.2 Å². The lowest BCUT2D eigenvalue weighted by atomic mass is 10.1. The molecule has 0 bridgehead atoms. The van der Waals surface area contributed by atoms with Crippen molar-refractivity contribution in [2.45, 2.75) is 18.7 Å². The van der Waals surface area contributed by atoms with Crippen LogP contribution in [0.1, 0.15) is 21.7 Å². The van der Waals surface area contributed by atoms with Crippen molar-refractivity contribution in [2.24, 2.45) is 7.05 Å². The highest BCUT2D eigenvalue weighted by Gasteiger charge is 2.25. The van der Waals surface area contributed by atoms with Gasteiger partial charge in [0.2, 0.25) is 0 Å². The average Bonchev–Trinajstić information content (AvgIpc) is 2.88. The van der Waals surface area contributed by atoms with Gasteiger partial charge in [-0.05, 0) is 38.1 Å². The molecule has 7 nitrogen and oxygen atoms in total. The van der Waals surface area contributed by atoms with Crippen molar-refractivity contribution in [2.75, 3.05) is 10.0 Å². The third-order valence-electron chi connectivity index (χ3n) is 4.16. The number of anilines is 2. The van der Waals surface area contributed by atoms with Crippen LogP contribution in [0.3, 0.4) is 0 Å². The average molecular weight is 384 g/mol. The Morgan fingerprint density at radius 1 is 1.00 bits per heavy atom. The van der Waals surface area contributed by atoms with Crippen LogP contribution < -0.4 is 10.0 Å². The second-order valence-electron chi connectivity index (χ2n) is 6.09. The Balaban J connectivity index is 1.93. The Morgan fingerprint density at radius 2 is 1.63 bits per heavy atom. The topological polar surface area (TPSA) is 93.1 Å². The summed E-state index contributed by atoms with van der Waals surface area (Å²) < 4.78 is 29.8. The number of carbonyl (C=O) groups excluding carboxylic acids is 1. The minimum absolute atomic E-state index is 0.114. The van der Waals surface area contributed by atoms with Crippen LogP contribution in [-0.2, 0) is 17.1 Å². The molecule has 0 fully saturated rings. The molecule has 3 rings (SSSR count). The van der Waals surface area contributed by atoms with E-state index < -0.39 is 15.9 Å². The summed E-state index contributed by atoms with van der Waals surface area (Å²) in [4.78, 5) is 12.7. The molecule has 0 radical (unpaired) electrons. The Kier molecular flexibility index (Phi) is 5.00. The zero-order valence-electron chi connectivity index (χ0n) is 15.2. The third-order valence-corrected chi connectivity index (χ3v) is 5.78. The molecule has 27 heavy (non-hydrogen) atoms.